The smallest absolute Gasteiger partial charge is 0.257 e. The maximum atomic E-state index is 13.6. The van der Waals surface area contributed by atoms with Gasteiger partial charge in [-0.2, -0.15) is 0 Å². The molecule has 1 fully saturated rings. The van der Waals surface area contributed by atoms with Gasteiger partial charge in [-0.3, -0.25) is 14.5 Å². The summed E-state index contributed by atoms with van der Waals surface area (Å²) in [7, 11) is 0. The number of pyridine rings is 1. The van der Waals surface area contributed by atoms with Crippen LogP contribution in [0, 0.1) is 3.57 Å². The molecule has 1 amide bonds. The van der Waals surface area contributed by atoms with Crippen LogP contribution in [0.25, 0.3) is 16.6 Å². The molecule has 0 aliphatic carbocycles. The quantitative estimate of drug-likeness (QED) is 0.311. The number of hydrogen-bond donors (Lipinski definition) is 1. The van der Waals surface area contributed by atoms with Crippen molar-refractivity contribution in [2.24, 2.45) is 0 Å². The van der Waals surface area contributed by atoms with Crippen LogP contribution in [0.1, 0.15) is 21.5 Å². The van der Waals surface area contributed by atoms with Gasteiger partial charge in [-0.05, 0) is 70.1 Å². The minimum atomic E-state index is -0.407. The highest BCUT2D eigenvalue weighted by molar-refractivity contribution is 14.1. The van der Waals surface area contributed by atoms with Crippen molar-refractivity contribution in [1.82, 2.24) is 14.8 Å². The molecule has 0 saturated carbocycles. The van der Waals surface area contributed by atoms with Gasteiger partial charge in [-0.15, -0.1) is 0 Å². The SMILES string of the molecule is O=C(NCc1ccc(Cl)cc1)c1cn(-c2ccccc2I)c2ccc(CN3CCOCC3)cc2c1=O. The number of rotatable bonds is 6. The van der Waals surface area contributed by atoms with Crippen molar-refractivity contribution >= 4 is 51.0 Å². The monoisotopic (exact) mass is 613 g/mol. The second-order valence-corrected chi connectivity index (χ2v) is 10.3. The predicted molar refractivity (Wildman–Crippen MR) is 151 cm³/mol. The fraction of sp³-hybridized carbons (Fsp3) is 0.214. The molecule has 0 bridgehead atoms. The standard InChI is InChI=1S/C28H25ClIN3O3/c29-21-8-5-19(6-9-21)16-31-28(35)23-18-33(26-4-2-1-3-24(26)30)25-10-7-20(15-22(25)27(23)34)17-32-11-13-36-14-12-32/h1-10,15,18H,11-14,16-17H2,(H,31,35). The number of aromatic nitrogens is 1. The molecule has 1 aliphatic heterocycles. The Morgan fingerprint density at radius 2 is 1.72 bits per heavy atom. The number of carbonyl (C=O) groups excluding carboxylic acids is 1. The summed E-state index contributed by atoms with van der Waals surface area (Å²) in [4.78, 5) is 29.2. The number of ether oxygens (including phenoxy) is 1. The van der Waals surface area contributed by atoms with E-state index < -0.39 is 5.91 Å². The highest BCUT2D eigenvalue weighted by Crippen LogP contribution is 2.23. The summed E-state index contributed by atoms with van der Waals surface area (Å²) in [6.45, 7) is 4.17. The lowest BCUT2D eigenvalue weighted by atomic mass is 10.1. The molecule has 5 rings (SSSR count). The van der Waals surface area contributed by atoms with E-state index in [2.05, 4.69) is 38.9 Å². The van der Waals surface area contributed by atoms with E-state index in [4.69, 9.17) is 16.3 Å². The zero-order valence-corrected chi connectivity index (χ0v) is 22.5. The van der Waals surface area contributed by atoms with E-state index in [1.807, 2.05) is 53.1 Å². The molecule has 6 nitrogen and oxygen atoms in total. The van der Waals surface area contributed by atoms with Crippen molar-refractivity contribution in [1.29, 1.82) is 0 Å². The van der Waals surface area contributed by atoms with Crippen LogP contribution in [0.3, 0.4) is 0 Å². The highest BCUT2D eigenvalue weighted by Gasteiger charge is 2.18. The van der Waals surface area contributed by atoms with Gasteiger partial charge >= 0.3 is 0 Å². The number of nitrogens with one attached hydrogen (secondary N) is 1. The van der Waals surface area contributed by atoms with Gasteiger partial charge in [0, 0.05) is 46.4 Å². The van der Waals surface area contributed by atoms with Crippen molar-refractivity contribution in [2.45, 2.75) is 13.1 Å². The van der Waals surface area contributed by atoms with Crippen LogP contribution in [-0.4, -0.2) is 41.7 Å². The second kappa shape index (κ2) is 11.1. The lowest BCUT2D eigenvalue weighted by Crippen LogP contribution is -2.35. The fourth-order valence-electron chi connectivity index (χ4n) is 4.38. The van der Waals surface area contributed by atoms with Crippen LogP contribution in [0.2, 0.25) is 5.02 Å². The normalized spacial score (nSPS) is 14.2. The van der Waals surface area contributed by atoms with Crippen molar-refractivity contribution in [3.05, 3.63) is 108 Å². The fourth-order valence-corrected chi connectivity index (χ4v) is 5.15. The number of carbonyl (C=O) groups is 1. The van der Waals surface area contributed by atoms with Gasteiger partial charge in [-0.25, -0.2) is 0 Å². The molecule has 2 heterocycles. The third-order valence-corrected chi connectivity index (χ3v) is 7.46. The molecular formula is C28H25ClIN3O3. The lowest BCUT2D eigenvalue weighted by molar-refractivity contribution is 0.0342. The summed E-state index contributed by atoms with van der Waals surface area (Å²) in [5, 5.41) is 4.05. The molecule has 8 heteroatoms. The van der Waals surface area contributed by atoms with E-state index in [-0.39, 0.29) is 11.0 Å². The first-order valence-electron chi connectivity index (χ1n) is 11.8. The van der Waals surface area contributed by atoms with Gasteiger partial charge in [-0.1, -0.05) is 41.9 Å². The molecule has 36 heavy (non-hydrogen) atoms. The Labute approximate surface area is 228 Å². The molecule has 3 aromatic carbocycles. The van der Waals surface area contributed by atoms with Gasteiger partial charge in [0.05, 0.1) is 24.4 Å². The van der Waals surface area contributed by atoms with E-state index in [0.717, 1.165) is 45.5 Å². The topological polar surface area (TPSA) is 63.6 Å². The third-order valence-electron chi connectivity index (χ3n) is 6.30. The van der Waals surface area contributed by atoms with Crippen LogP contribution in [0.4, 0.5) is 0 Å². The molecule has 0 atom stereocenters. The van der Waals surface area contributed by atoms with Crippen LogP contribution < -0.4 is 10.7 Å². The Bertz CT molecular complexity index is 1460. The molecule has 1 N–H and O–H groups in total. The molecule has 0 spiro atoms. The summed E-state index contributed by atoms with van der Waals surface area (Å²) in [6.07, 6.45) is 1.65. The molecule has 1 aliphatic rings. The first-order valence-corrected chi connectivity index (χ1v) is 13.2. The summed E-state index contributed by atoms with van der Waals surface area (Å²) in [5.74, 6) is -0.407. The Hall–Kier alpha value is -2.72. The van der Waals surface area contributed by atoms with Gasteiger partial charge in [0.25, 0.3) is 5.91 Å². The van der Waals surface area contributed by atoms with Gasteiger partial charge < -0.3 is 14.6 Å². The van der Waals surface area contributed by atoms with Gasteiger partial charge in [0.1, 0.15) is 5.56 Å². The molecule has 1 saturated heterocycles. The van der Waals surface area contributed by atoms with Crippen molar-refractivity contribution in [3.8, 4) is 5.69 Å². The predicted octanol–water partition coefficient (Wildman–Crippen LogP) is 5.01. The van der Waals surface area contributed by atoms with E-state index in [1.54, 1.807) is 18.3 Å². The largest absolute Gasteiger partial charge is 0.379 e. The van der Waals surface area contributed by atoms with E-state index in [1.165, 1.54) is 0 Å². The average molecular weight is 614 g/mol. The molecule has 4 aromatic rings. The molecule has 184 valence electrons. The Morgan fingerprint density at radius 3 is 2.47 bits per heavy atom. The third kappa shape index (κ3) is 5.49. The van der Waals surface area contributed by atoms with Crippen LogP contribution in [0.5, 0.6) is 0 Å². The summed E-state index contributed by atoms with van der Waals surface area (Å²) in [6, 6.07) is 21.1. The van der Waals surface area contributed by atoms with E-state index in [0.29, 0.717) is 30.2 Å². The van der Waals surface area contributed by atoms with Crippen molar-refractivity contribution in [3.63, 3.8) is 0 Å². The minimum Gasteiger partial charge on any atom is -0.379 e. The molecule has 0 radical (unpaired) electrons. The zero-order chi connectivity index (χ0) is 25.1. The zero-order valence-electron chi connectivity index (χ0n) is 19.5. The van der Waals surface area contributed by atoms with Crippen molar-refractivity contribution in [2.75, 3.05) is 26.3 Å². The molecular weight excluding hydrogens is 589 g/mol. The summed E-state index contributed by atoms with van der Waals surface area (Å²) >= 11 is 8.24. The lowest BCUT2D eigenvalue weighted by Gasteiger charge is -2.26. The first-order chi connectivity index (χ1) is 17.5. The Balaban J connectivity index is 1.55. The maximum absolute atomic E-state index is 13.6. The number of amides is 1. The Morgan fingerprint density at radius 1 is 1.00 bits per heavy atom. The van der Waals surface area contributed by atoms with E-state index >= 15 is 0 Å². The number of halogens is 2. The first kappa shape index (κ1) is 25.0. The van der Waals surface area contributed by atoms with Crippen LogP contribution >= 0.6 is 34.2 Å². The number of benzene rings is 3. The number of morpholine rings is 1. The number of fused-ring (bicyclic) bond motifs is 1. The Kier molecular flexibility index (Phi) is 7.71. The van der Waals surface area contributed by atoms with Crippen molar-refractivity contribution < 1.29 is 9.53 Å². The minimum absolute atomic E-state index is 0.111. The number of nitrogens with zero attached hydrogens (tertiary/aromatic N) is 2. The summed E-state index contributed by atoms with van der Waals surface area (Å²) < 4.78 is 8.42. The van der Waals surface area contributed by atoms with E-state index in [9.17, 15) is 9.59 Å². The summed E-state index contributed by atoms with van der Waals surface area (Å²) in [5.41, 5.74) is 3.46. The van der Waals surface area contributed by atoms with Crippen LogP contribution in [-0.2, 0) is 17.8 Å². The average Bonchev–Trinajstić information content (AvgIpc) is 2.90. The number of para-hydroxylation sites is 1. The molecule has 1 aromatic heterocycles. The van der Waals surface area contributed by atoms with Gasteiger partial charge in [0.2, 0.25) is 5.43 Å². The maximum Gasteiger partial charge on any atom is 0.257 e. The molecule has 0 unspecified atom stereocenters. The highest BCUT2D eigenvalue weighted by atomic mass is 127. The van der Waals surface area contributed by atoms with Gasteiger partial charge in [0.15, 0.2) is 0 Å². The van der Waals surface area contributed by atoms with Crippen LogP contribution in [0.15, 0.2) is 77.7 Å². The number of hydrogen-bond acceptors (Lipinski definition) is 4. The second-order valence-electron chi connectivity index (χ2n) is 8.74.